The molecule has 3 aromatic rings. The summed E-state index contributed by atoms with van der Waals surface area (Å²) >= 11 is 0. The predicted octanol–water partition coefficient (Wildman–Crippen LogP) is 4.30. The van der Waals surface area contributed by atoms with Crippen molar-refractivity contribution >= 4 is 10.9 Å². The minimum absolute atomic E-state index is 0.258. The molecule has 0 spiro atoms. The molecule has 3 heteroatoms. The fourth-order valence-electron chi connectivity index (χ4n) is 3.35. The molecule has 1 aromatic carbocycles. The van der Waals surface area contributed by atoms with Crippen molar-refractivity contribution in [2.45, 2.75) is 26.8 Å². The molecule has 0 amide bonds. The maximum absolute atomic E-state index is 4.18. The van der Waals surface area contributed by atoms with Gasteiger partial charge in [-0.3, -0.25) is 9.88 Å². The number of rotatable bonds is 5. The maximum Gasteiger partial charge on any atom is 0.0626 e. The van der Waals surface area contributed by atoms with Crippen molar-refractivity contribution in [1.29, 1.82) is 0 Å². The number of pyridine rings is 1. The van der Waals surface area contributed by atoms with Crippen LogP contribution >= 0.6 is 0 Å². The Labute approximate surface area is 132 Å². The average molecular weight is 293 g/mol. The zero-order valence-electron chi connectivity index (χ0n) is 13.5. The summed E-state index contributed by atoms with van der Waals surface area (Å²) in [7, 11) is 0. The molecule has 114 valence electrons. The standard InChI is InChI=1S/C19H23N3/c1-4-22(5-2)19(15-10-12-20-13-11-15)18-14(3)21-17-9-7-6-8-16(17)18/h6-13,19,21H,4-5H2,1-3H3. The molecular formula is C19H23N3. The van der Waals surface area contributed by atoms with Crippen LogP contribution in [-0.2, 0) is 0 Å². The van der Waals surface area contributed by atoms with Crippen LogP contribution in [0.5, 0.6) is 0 Å². The molecule has 1 unspecified atom stereocenters. The third-order valence-corrected chi connectivity index (χ3v) is 4.42. The number of H-pyrrole nitrogens is 1. The van der Waals surface area contributed by atoms with Gasteiger partial charge in [-0.1, -0.05) is 32.0 Å². The van der Waals surface area contributed by atoms with Gasteiger partial charge in [0.15, 0.2) is 0 Å². The number of aromatic amines is 1. The third-order valence-electron chi connectivity index (χ3n) is 4.42. The number of nitrogens with one attached hydrogen (secondary N) is 1. The monoisotopic (exact) mass is 293 g/mol. The molecule has 2 heterocycles. The van der Waals surface area contributed by atoms with Gasteiger partial charge in [-0.15, -0.1) is 0 Å². The summed E-state index contributed by atoms with van der Waals surface area (Å²) in [4.78, 5) is 10.2. The van der Waals surface area contributed by atoms with E-state index in [-0.39, 0.29) is 6.04 Å². The van der Waals surface area contributed by atoms with Crippen LogP contribution in [0.2, 0.25) is 0 Å². The van der Waals surface area contributed by atoms with E-state index in [1.165, 1.54) is 27.7 Å². The average Bonchev–Trinajstić information content (AvgIpc) is 2.89. The number of para-hydroxylation sites is 1. The number of benzene rings is 1. The van der Waals surface area contributed by atoms with Gasteiger partial charge in [0, 0.05) is 34.6 Å². The van der Waals surface area contributed by atoms with E-state index in [0.717, 1.165) is 13.1 Å². The SMILES string of the molecule is CCN(CC)C(c1ccncc1)c1c(C)[nH]c2ccccc12. The summed E-state index contributed by atoms with van der Waals surface area (Å²) in [6.07, 6.45) is 3.77. The van der Waals surface area contributed by atoms with E-state index in [2.05, 4.69) is 72.0 Å². The van der Waals surface area contributed by atoms with E-state index in [1.807, 2.05) is 12.4 Å². The Morgan fingerprint density at radius 3 is 2.41 bits per heavy atom. The Morgan fingerprint density at radius 2 is 1.73 bits per heavy atom. The highest BCUT2D eigenvalue weighted by Crippen LogP contribution is 2.35. The van der Waals surface area contributed by atoms with E-state index in [9.17, 15) is 0 Å². The first kappa shape index (κ1) is 14.8. The first-order valence-electron chi connectivity index (χ1n) is 7.97. The van der Waals surface area contributed by atoms with Gasteiger partial charge in [-0.05, 0) is 43.8 Å². The second-order valence-corrected chi connectivity index (χ2v) is 5.61. The first-order valence-corrected chi connectivity index (χ1v) is 7.97. The zero-order chi connectivity index (χ0) is 15.5. The van der Waals surface area contributed by atoms with Gasteiger partial charge in [-0.2, -0.15) is 0 Å². The van der Waals surface area contributed by atoms with Crippen LogP contribution in [0, 0.1) is 6.92 Å². The van der Waals surface area contributed by atoms with Crippen molar-refractivity contribution in [2.75, 3.05) is 13.1 Å². The first-order chi connectivity index (χ1) is 10.8. The van der Waals surface area contributed by atoms with Crippen molar-refractivity contribution in [3.63, 3.8) is 0 Å². The van der Waals surface area contributed by atoms with Crippen LogP contribution in [0.1, 0.15) is 36.7 Å². The molecule has 0 aliphatic heterocycles. The van der Waals surface area contributed by atoms with E-state index >= 15 is 0 Å². The van der Waals surface area contributed by atoms with Crippen LogP contribution in [0.15, 0.2) is 48.8 Å². The number of nitrogens with zero attached hydrogens (tertiary/aromatic N) is 2. The quantitative estimate of drug-likeness (QED) is 0.760. The summed E-state index contributed by atoms with van der Waals surface area (Å²) in [6.45, 7) is 8.65. The van der Waals surface area contributed by atoms with Crippen molar-refractivity contribution in [2.24, 2.45) is 0 Å². The summed E-state index contributed by atoms with van der Waals surface area (Å²) in [5.74, 6) is 0. The van der Waals surface area contributed by atoms with E-state index in [0.29, 0.717) is 0 Å². The molecule has 0 fully saturated rings. The number of aryl methyl sites for hydroxylation is 1. The number of fused-ring (bicyclic) bond motifs is 1. The molecule has 3 nitrogen and oxygen atoms in total. The fourth-order valence-corrected chi connectivity index (χ4v) is 3.35. The fraction of sp³-hybridized carbons (Fsp3) is 0.316. The lowest BCUT2D eigenvalue weighted by Gasteiger charge is -2.30. The number of hydrogen-bond acceptors (Lipinski definition) is 2. The highest BCUT2D eigenvalue weighted by atomic mass is 15.1. The molecule has 0 bridgehead atoms. The smallest absolute Gasteiger partial charge is 0.0626 e. The Hall–Kier alpha value is -2.13. The lowest BCUT2D eigenvalue weighted by atomic mass is 9.95. The largest absolute Gasteiger partial charge is 0.358 e. The van der Waals surface area contributed by atoms with Crippen molar-refractivity contribution in [3.05, 3.63) is 65.6 Å². The summed E-state index contributed by atoms with van der Waals surface area (Å²) in [5, 5.41) is 1.31. The predicted molar refractivity (Wildman–Crippen MR) is 92.0 cm³/mol. The molecule has 0 radical (unpaired) electrons. The topological polar surface area (TPSA) is 31.9 Å². The molecule has 22 heavy (non-hydrogen) atoms. The van der Waals surface area contributed by atoms with Crippen molar-refractivity contribution < 1.29 is 0 Å². The van der Waals surface area contributed by atoms with Gasteiger partial charge >= 0.3 is 0 Å². The summed E-state index contributed by atoms with van der Waals surface area (Å²) < 4.78 is 0. The molecule has 1 N–H and O–H groups in total. The van der Waals surface area contributed by atoms with Crippen molar-refractivity contribution in [1.82, 2.24) is 14.9 Å². The molecule has 2 aromatic heterocycles. The van der Waals surface area contributed by atoms with Gasteiger partial charge in [0.05, 0.1) is 6.04 Å². The van der Waals surface area contributed by atoms with Gasteiger partial charge in [0.25, 0.3) is 0 Å². The Morgan fingerprint density at radius 1 is 1.05 bits per heavy atom. The minimum Gasteiger partial charge on any atom is -0.358 e. The van der Waals surface area contributed by atoms with Gasteiger partial charge in [-0.25, -0.2) is 0 Å². The van der Waals surface area contributed by atoms with Crippen LogP contribution in [-0.4, -0.2) is 28.0 Å². The Bertz CT molecular complexity index is 742. The molecule has 0 saturated heterocycles. The van der Waals surface area contributed by atoms with E-state index in [4.69, 9.17) is 0 Å². The van der Waals surface area contributed by atoms with Gasteiger partial charge in [0.1, 0.15) is 0 Å². The van der Waals surface area contributed by atoms with Crippen LogP contribution in [0.4, 0.5) is 0 Å². The molecular weight excluding hydrogens is 270 g/mol. The lowest BCUT2D eigenvalue weighted by molar-refractivity contribution is 0.251. The summed E-state index contributed by atoms with van der Waals surface area (Å²) in [6, 6.07) is 13.1. The molecule has 0 saturated carbocycles. The highest BCUT2D eigenvalue weighted by molar-refractivity contribution is 5.85. The second-order valence-electron chi connectivity index (χ2n) is 5.61. The number of hydrogen-bond donors (Lipinski definition) is 1. The van der Waals surface area contributed by atoms with E-state index < -0.39 is 0 Å². The molecule has 1 atom stereocenters. The maximum atomic E-state index is 4.18. The normalized spacial score (nSPS) is 12.9. The minimum atomic E-state index is 0.258. The Balaban J connectivity index is 2.22. The summed E-state index contributed by atoms with van der Waals surface area (Å²) in [5.41, 5.74) is 5.13. The molecule has 0 aliphatic carbocycles. The van der Waals surface area contributed by atoms with Crippen LogP contribution in [0.3, 0.4) is 0 Å². The molecule has 0 aliphatic rings. The second kappa shape index (κ2) is 6.32. The lowest BCUT2D eigenvalue weighted by Crippen LogP contribution is -2.29. The third kappa shape index (κ3) is 2.53. The van der Waals surface area contributed by atoms with Gasteiger partial charge in [0.2, 0.25) is 0 Å². The Kier molecular flexibility index (Phi) is 4.25. The number of aromatic nitrogens is 2. The molecule has 3 rings (SSSR count). The van der Waals surface area contributed by atoms with E-state index in [1.54, 1.807) is 0 Å². The van der Waals surface area contributed by atoms with Gasteiger partial charge < -0.3 is 4.98 Å². The van der Waals surface area contributed by atoms with Crippen molar-refractivity contribution in [3.8, 4) is 0 Å². The van der Waals surface area contributed by atoms with Crippen LogP contribution < -0.4 is 0 Å². The van der Waals surface area contributed by atoms with Crippen LogP contribution in [0.25, 0.3) is 10.9 Å². The highest BCUT2D eigenvalue weighted by Gasteiger charge is 2.24. The zero-order valence-corrected chi connectivity index (χ0v) is 13.5.